The van der Waals surface area contributed by atoms with Gasteiger partial charge < -0.3 is 5.32 Å². The second-order valence-corrected chi connectivity index (χ2v) is 4.67. The van der Waals surface area contributed by atoms with E-state index in [1.54, 1.807) is 4.68 Å². The number of carbonyl (C=O) groups excluding carboxylic acids is 1. The van der Waals surface area contributed by atoms with Crippen LogP contribution in [0.5, 0.6) is 0 Å². The lowest BCUT2D eigenvalue weighted by molar-refractivity contribution is 0.0991. The molecule has 1 aliphatic rings. The summed E-state index contributed by atoms with van der Waals surface area (Å²) in [7, 11) is 1.86. The zero-order valence-corrected chi connectivity index (χ0v) is 10.3. The minimum absolute atomic E-state index is 0.128. The van der Waals surface area contributed by atoms with Crippen LogP contribution in [-0.4, -0.2) is 15.6 Å². The van der Waals surface area contributed by atoms with Gasteiger partial charge in [0.25, 0.3) is 0 Å². The summed E-state index contributed by atoms with van der Waals surface area (Å²) < 4.78 is 1.72. The molecule has 1 N–H and O–H groups in total. The third-order valence-corrected chi connectivity index (χ3v) is 3.27. The first kappa shape index (κ1) is 11.2. The maximum Gasteiger partial charge on any atom is 0.168 e. The molecule has 1 aromatic heterocycles. The number of benzene rings is 1. The Labute approximate surface area is 106 Å². The molecule has 1 aromatic carbocycles. The lowest BCUT2D eigenvalue weighted by atomic mass is 10.0. The number of aromatic nitrogens is 2. The smallest absolute Gasteiger partial charge is 0.168 e. The van der Waals surface area contributed by atoms with Crippen LogP contribution in [0.15, 0.2) is 30.5 Å². The summed E-state index contributed by atoms with van der Waals surface area (Å²) >= 11 is 0. The molecule has 1 aliphatic heterocycles. The highest BCUT2D eigenvalue weighted by atomic mass is 16.1. The fourth-order valence-corrected chi connectivity index (χ4v) is 2.29. The van der Waals surface area contributed by atoms with Gasteiger partial charge in [-0.15, -0.1) is 0 Å². The summed E-state index contributed by atoms with van der Waals surface area (Å²) in [5.74, 6) is 0.128. The van der Waals surface area contributed by atoms with Crippen LogP contribution in [0.25, 0.3) is 0 Å². The van der Waals surface area contributed by atoms with Gasteiger partial charge in [-0.1, -0.05) is 12.1 Å². The molecule has 0 spiro atoms. The van der Waals surface area contributed by atoms with Gasteiger partial charge in [-0.25, -0.2) is 0 Å². The van der Waals surface area contributed by atoms with Crippen molar-refractivity contribution in [1.29, 1.82) is 0 Å². The SMILES string of the molecule is Cn1ccc(CC(=O)c2ccc3c(c2)CNC3)n1. The van der Waals surface area contributed by atoms with E-state index >= 15 is 0 Å². The van der Waals surface area contributed by atoms with Crippen LogP contribution in [0.1, 0.15) is 27.2 Å². The molecule has 0 aliphatic carbocycles. The third kappa shape index (κ3) is 2.07. The van der Waals surface area contributed by atoms with Gasteiger partial charge in [0.15, 0.2) is 5.78 Å². The standard InChI is InChI=1S/C14H15N3O/c1-17-5-4-13(16-17)7-14(18)10-2-3-11-8-15-9-12(11)6-10/h2-6,15H,7-9H2,1H3. The molecule has 0 saturated carbocycles. The summed E-state index contributed by atoms with van der Waals surface area (Å²) in [5.41, 5.74) is 4.13. The van der Waals surface area contributed by atoms with Crippen LogP contribution in [0.4, 0.5) is 0 Å². The van der Waals surface area contributed by atoms with Crippen LogP contribution < -0.4 is 5.32 Å². The molecular formula is C14H15N3O. The predicted molar refractivity (Wildman–Crippen MR) is 68.2 cm³/mol. The maximum absolute atomic E-state index is 12.2. The average molecular weight is 241 g/mol. The van der Waals surface area contributed by atoms with Gasteiger partial charge in [0.2, 0.25) is 0 Å². The normalized spacial score (nSPS) is 13.6. The van der Waals surface area contributed by atoms with E-state index in [4.69, 9.17) is 0 Å². The summed E-state index contributed by atoms with van der Waals surface area (Å²) in [4.78, 5) is 12.2. The second kappa shape index (κ2) is 4.38. The van der Waals surface area contributed by atoms with E-state index in [0.717, 1.165) is 24.3 Å². The Morgan fingerprint density at radius 3 is 2.94 bits per heavy atom. The molecule has 18 heavy (non-hydrogen) atoms. The lowest BCUT2D eigenvalue weighted by Gasteiger charge is -2.02. The van der Waals surface area contributed by atoms with Gasteiger partial charge in [-0.05, 0) is 23.3 Å². The number of nitrogens with zero attached hydrogens (tertiary/aromatic N) is 2. The maximum atomic E-state index is 12.2. The van der Waals surface area contributed by atoms with Crippen molar-refractivity contribution in [3.05, 3.63) is 52.8 Å². The minimum Gasteiger partial charge on any atom is -0.309 e. The van der Waals surface area contributed by atoms with Crippen molar-refractivity contribution >= 4 is 5.78 Å². The third-order valence-electron chi connectivity index (χ3n) is 3.27. The quantitative estimate of drug-likeness (QED) is 0.827. The molecule has 0 radical (unpaired) electrons. The van der Waals surface area contributed by atoms with Gasteiger partial charge in [0, 0.05) is 31.9 Å². The molecule has 0 unspecified atom stereocenters. The van der Waals surface area contributed by atoms with Crippen LogP contribution in [0.3, 0.4) is 0 Å². The van der Waals surface area contributed by atoms with Crippen LogP contribution in [-0.2, 0) is 26.6 Å². The molecule has 0 fully saturated rings. The Balaban J connectivity index is 1.80. The first-order valence-corrected chi connectivity index (χ1v) is 6.06. The lowest BCUT2D eigenvalue weighted by Crippen LogP contribution is -2.05. The van der Waals surface area contributed by atoms with E-state index in [1.807, 2.05) is 37.5 Å². The van der Waals surface area contributed by atoms with E-state index in [0.29, 0.717) is 6.42 Å². The van der Waals surface area contributed by atoms with E-state index in [2.05, 4.69) is 10.4 Å². The fourth-order valence-electron chi connectivity index (χ4n) is 2.29. The molecule has 2 heterocycles. The molecule has 92 valence electrons. The molecule has 0 saturated heterocycles. The van der Waals surface area contributed by atoms with Gasteiger partial charge in [0.1, 0.15) is 0 Å². The van der Waals surface area contributed by atoms with Crippen LogP contribution >= 0.6 is 0 Å². The molecular weight excluding hydrogens is 226 g/mol. The zero-order chi connectivity index (χ0) is 12.5. The first-order valence-electron chi connectivity index (χ1n) is 6.06. The topological polar surface area (TPSA) is 46.9 Å². The zero-order valence-electron chi connectivity index (χ0n) is 10.3. The van der Waals surface area contributed by atoms with Gasteiger partial charge in [-0.3, -0.25) is 9.48 Å². The van der Waals surface area contributed by atoms with Gasteiger partial charge >= 0.3 is 0 Å². The number of ketones is 1. The summed E-state index contributed by atoms with van der Waals surface area (Å²) in [6.07, 6.45) is 2.22. The largest absolute Gasteiger partial charge is 0.309 e. The Bertz CT molecular complexity index is 601. The number of nitrogens with one attached hydrogen (secondary N) is 1. The van der Waals surface area contributed by atoms with E-state index in [-0.39, 0.29) is 5.78 Å². The Hall–Kier alpha value is -1.94. The Morgan fingerprint density at radius 2 is 2.17 bits per heavy atom. The first-order chi connectivity index (χ1) is 8.72. The fraction of sp³-hybridized carbons (Fsp3) is 0.286. The van der Waals surface area contributed by atoms with Crippen molar-refractivity contribution in [2.75, 3.05) is 0 Å². The van der Waals surface area contributed by atoms with Crippen molar-refractivity contribution in [1.82, 2.24) is 15.1 Å². The van der Waals surface area contributed by atoms with Crippen molar-refractivity contribution in [2.24, 2.45) is 7.05 Å². The van der Waals surface area contributed by atoms with Crippen molar-refractivity contribution < 1.29 is 4.79 Å². The summed E-state index contributed by atoms with van der Waals surface area (Å²) in [6, 6.07) is 7.84. The number of fused-ring (bicyclic) bond motifs is 1. The van der Waals surface area contributed by atoms with Gasteiger partial charge in [0.05, 0.1) is 12.1 Å². The van der Waals surface area contributed by atoms with Gasteiger partial charge in [-0.2, -0.15) is 5.10 Å². The van der Waals surface area contributed by atoms with E-state index in [1.165, 1.54) is 11.1 Å². The number of aryl methyl sites for hydroxylation is 1. The number of Topliss-reactive ketones (excluding diaryl/α,β-unsaturated/α-hetero) is 1. The second-order valence-electron chi connectivity index (χ2n) is 4.67. The molecule has 4 nitrogen and oxygen atoms in total. The molecule has 0 amide bonds. The van der Waals surface area contributed by atoms with Crippen molar-refractivity contribution in [3.63, 3.8) is 0 Å². The average Bonchev–Trinajstić information content (AvgIpc) is 2.96. The number of hydrogen-bond acceptors (Lipinski definition) is 3. The Kier molecular flexibility index (Phi) is 2.72. The monoisotopic (exact) mass is 241 g/mol. The van der Waals surface area contributed by atoms with Crippen molar-refractivity contribution in [3.8, 4) is 0 Å². The molecule has 2 aromatic rings. The van der Waals surface area contributed by atoms with Crippen LogP contribution in [0.2, 0.25) is 0 Å². The summed E-state index contributed by atoms with van der Waals surface area (Å²) in [5, 5.41) is 7.51. The molecule has 0 atom stereocenters. The predicted octanol–water partition coefficient (Wildman–Crippen LogP) is 1.45. The minimum atomic E-state index is 0.128. The number of rotatable bonds is 3. The number of carbonyl (C=O) groups is 1. The van der Waals surface area contributed by atoms with E-state index < -0.39 is 0 Å². The van der Waals surface area contributed by atoms with Crippen molar-refractivity contribution in [2.45, 2.75) is 19.5 Å². The highest BCUT2D eigenvalue weighted by Gasteiger charge is 2.14. The molecule has 3 rings (SSSR count). The molecule has 4 heteroatoms. The highest BCUT2D eigenvalue weighted by molar-refractivity contribution is 5.97. The highest BCUT2D eigenvalue weighted by Crippen LogP contribution is 2.18. The van der Waals surface area contributed by atoms with Crippen LogP contribution in [0, 0.1) is 0 Å². The Morgan fingerprint density at radius 1 is 1.33 bits per heavy atom. The number of hydrogen-bond donors (Lipinski definition) is 1. The summed E-state index contributed by atoms with van der Waals surface area (Å²) in [6.45, 7) is 1.77. The molecule has 0 bridgehead atoms. The van der Waals surface area contributed by atoms with E-state index in [9.17, 15) is 4.79 Å².